The maximum atomic E-state index is 5.42. The van der Waals surface area contributed by atoms with E-state index in [1.165, 1.54) is 25.7 Å². The van der Waals surface area contributed by atoms with Gasteiger partial charge in [0, 0.05) is 11.8 Å². The van der Waals surface area contributed by atoms with Crippen molar-refractivity contribution in [2.24, 2.45) is 11.8 Å². The fourth-order valence-electron chi connectivity index (χ4n) is 2.82. The summed E-state index contributed by atoms with van der Waals surface area (Å²) in [6.07, 6.45) is 5.29. The van der Waals surface area contributed by atoms with Gasteiger partial charge in [-0.05, 0) is 38.8 Å². The number of nitrogens with two attached hydrogens (primary N) is 1. The molecule has 0 bridgehead atoms. The Hall–Kier alpha value is -1.20. The highest BCUT2D eigenvalue weighted by atomic mass is 15.3. The third-order valence-corrected chi connectivity index (χ3v) is 3.82. The number of hydrazine groups is 1. The van der Waals surface area contributed by atoms with Crippen LogP contribution in [0.25, 0.3) is 0 Å². The molecule has 5 heteroatoms. The van der Waals surface area contributed by atoms with Gasteiger partial charge in [-0.25, -0.2) is 15.8 Å². The second-order valence-corrected chi connectivity index (χ2v) is 5.46. The molecule has 1 aliphatic heterocycles. The number of rotatable bonds is 5. The van der Waals surface area contributed by atoms with E-state index in [0.29, 0.717) is 5.82 Å². The summed E-state index contributed by atoms with van der Waals surface area (Å²) in [5.74, 6) is 7.90. The average Bonchev–Trinajstić information content (AvgIpc) is 2.40. The summed E-state index contributed by atoms with van der Waals surface area (Å²) in [4.78, 5) is 11.3. The second kappa shape index (κ2) is 6.82. The van der Waals surface area contributed by atoms with Gasteiger partial charge in [0.2, 0.25) is 0 Å². The quantitative estimate of drug-likeness (QED) is 0.629. The highest BCUT2D eigenvalue weighted by Gasteiger charge is 2.19. The number of nitrogens with zero attached hydrogens (tertiary/aromatic N) is 3. The van der Waals surface area contributed by atoms with E-state index in [0.717, 1.165) is 37.1 Å². The first-order chi connectivity index (χ1) is 9.21. The van der Waals surface area contributed by atoms with Crippen molar-refractivity contribution in [3.05, 3.63) is 17.6 Å². The Morgan fingerprint density at radius 1 is 1.37 bits per heavy atom. The molecule has 1 aromatic heterocycles. The van der Waals surface area contributed by atoms with Gasteiger partial charge in [-0.15, -0.1) is 0 Å². The van der Waals surface area contributed by atoms with E-state index in [4.69, 9.17) is 5.84 Å². The number of likely N-dealkylation sites (tertiary alicyclic amines) is 1. The van der Waals surface area contributed by atoms with Crippen LogP contribution >= 0.6 is 0 Å². The maximum Gasteiger partial charge on any atom is 0.145 e. The van der Waals surface area contributed by atoms with Gasteiger partial charge in [-0.1, -0.05) is 19.8 Å². The summed E-state index contributed by atoms with van der Waals surface area (Å²) >= 11 is 0. The van der Waals surface area contributed by atoms with E-state index in [9.17, 15) is 0 Å². The van der Waals surface area contributed by atoms with E-state index in [2.05, 4.69) is 27.2 Å². The molecule has 0 radical (unpaired) electrons. The first-order valence-corrected chi connectivity index (χ1v) is 7.24. The van der Waals surface area contributed by atoms with Crippen LogP contribution in [0.15, 0.2) is 6.07 Å². The highest BCUT2D eigenvalue weighted by Crippen LogP contribution is 2.22. The molecule has 1 aromatic rings. The summed E-state index contributed by atoms with van der Waals surface area (Å²) in [6.45, 7) is 7.39. The Bertz CT molecular complexity index is 399. The lowest BCUT2D eigenvalue weighted by atomic mass is 9.92. The zero-order chi connectivity index (χ0) is 13.7. The minimum Gasteiger partial charge on any atom is -0.308 e. The normalized spacial score (nSPS) is 17.6. The van der Waals surface area contributed by atoms with Crippen LogP contribution in [0.5, 0.6) is 0 Å². The number of aryl methyl sites for hydroxylation is 1. The number of hydrogen-bond acceptors (Lipinski definition) is 5. The summed E-state index contributed by atoms with van der Waals surface area (Å²) in [6, 6.07) is 1.86. The largest absolute Gasteiger partial charge is 0.308 e. The standard InChI is InChI=1S/C14H25N5/c1-3-4-12-5-7-19(8-6-12)10-14-16-11(2)9-13(17-14)18-15/h9,12H,3-8,10,15H2,1-2H3,(H,16,17,18). The molecular weight excluding hydrogens is 238 g/mol. The Kier molecular flexibility index (Phi) is 5.10. The Balaban J connectivity index is 1.90. The first kappa shape index (κ1) is 14.2. The zero-order valence-corrected chi connectivity index (χ0v) is 12.0. The van der Waals surface area contributed by atoms with E-state index in [1.54, 1.807) is 0 Å². The lowest BCUT2D eigenvalue weighted by molar-refractivity contribution is 0.168. The molecule has 106 valence electrons. The van der Waals surface area contributed by atoms with Crippen molar-refractivity contribution < 1.29 is 0 Å². The molecule has 1 saturated heterocycles. The molecule has 0 unspecified atom stereocenters. The van der Waals surface area contributed by atoms with Crippen LogP contribution in [-0.4, -0.2) is 28.0 Å². The number of nitrogen functional groups attached to an aromatic ring is 1. The van der Waals surface area contributed by atoms with Crippen molar-refractivity contribution in [2.45, 2.75) is 46.1 Å². The smallest absolute Gasteiger partial charge is 0.145 e. The van der Waals surface area contributed by atoms with Crippen molar-refractivity contribution in [1.82, 2.24) is 14.9 Å². The fourth-order valence-corrected chi connectivity index (χ4v) is 2.82. The van der Waals surface area contributed by atoms with Crippen LogP contribution < -0.4 is 11.3 Å². The number of aromatic nitrogens is 2. The molecule has 2 rings (SSSR count). The number of anilines is 1. The molecule has 2 heterocycles. The lowest BCUT2D eigenvalue weighted by Crippen LogP contribution is -2.33. The van der Waals surface area contributed by atoms with Gasteiger partial charge in [0.25, 0.3) is 0 Å². The van der Waals surface area contributed by atoms with Crippen molar-refractivity contribution in [2.75, 3.05) is 18.5 Å². The molecule has 0 amide bonds. The van der Waals surface area contributed by atoms with E-state index in [-0.39, 0.29) is 0 Å². The molecule has 1 aliphatic rings. The van der Waals surface area contributed by atoms with Crippen LogP contribution in [-0.2, 0) is 6.54 Å². The molecule has 0 atom stereocenters. The molecule has 0 saturated carbocycles. The van der Waals surface area contributed by atoms with Crippen LogP contribution in [0.4, 0.5) is 5.82 Å². The van der Waals surface area contributed by atoms with Gasteiger partial charge < -0.3 is 5.43 Å². The van der Waals surface area contributed by atoms with Crippen LogP contribution in [0, 0.1) is 12.8 Å². The third-order valence-electron chi connectivity index (χ3n) is 3.82. The SMILES string of the molecule is CCCC1CCN(Cc2nc(C)cc(NN)n2)CC1. The molecular formula is C14H25N5. The van der Waals surface area contributed by atoms with Gasteiger partial charge in [0.05, 0.1) is 6.54 Å². The summed E-state index contributed by atoms with van der Waals surface area (Å²) in [7, 11) is 0. The van der Waals surface area contributed by atoms with Gasteiger partial charge >= 0.3 is 0 Å². The molecule has 0 spiro atoms. The number of hydrogen-bond donors (Lipinski definition) is 2. The monoisotopic (exact) mass is 263 g/mol. The third kappa shape index (κ3) is 4.14. The van der Waals surface area contributed by atoms with Gasteiger partial charge in [0.15, 0.2) is 0 Å². The molecule has 19 heavy (non-hydrogen) atoms. The predicted molar refractivity (Wildman–Crippen MR) is 77.5 cm³/mol. The molecule has 1 fully saturated rings. The van der Waals surface area contributed by atoms with Crippen molar-refractivity contribution in [3.8, 4) is 0 Å². The second-order valence-electron chi connectivity index (χ2n) is 5.46. The Morgan fingerprint density at radius 2 is 2.11 bits per heavy atom. The molecule has 5 nitrogen and oxygen atoms in total. The summed E-state index contributed by atoms with van der Waals surface area (Å²) in [5.41, 5.74) is 3.56. The number of piperidine rings is 1. The Morgan fingerprint density at radius 3 is 2.74 bits per heavy atom. The maximum absolute atomic E-state index is 5.42. The van der Waals surface area contributed by atoms with Crippen molar-refractivity contribution in [1.29, 1.82) is 0 Å². The lowest BCUT2D eigenvalue weighted by Gasteiger charge is -2.31. The fraction of sp³-hybridized carbons (Fsp3) is 0.714. The molecule has 0 aromatic carbocycles. The van der Waals surface area contributed by atoms with Crippen LogP contribution in [0.3, 0.4) is 0 Å². The minimum absolute atomic E-state index is 0.698. The van der Waals surface area contributed by atoms with Gasteiger partial charge in [0.1, 0.15) is 11.6 Å². The average molecular weight is 263 g/mol. The van der Waals surface area contributed by atoms with E-state index >= 15 is 0 Å². The highest BCUT2D eigenvalue weighted by molar-refractivity contribution is 5.33. The van der Waals surface area contributed by atoms with Crippen LogP contribution in [0.1, 0.15) is 44.1 Å². The van der Waals surface area contributed by atoms with E-state index in [1.807, 2.05) is 13.0 Å². The number of nitrogens with one attached hydrogen (secondary N) is 1. The van der Waals surface area contributed by atoms with Crippen molar-refractivity contribution in [3.63, 3.8) is 0 Å². The van der Waals surface area contributed by atoms with Crippen LogP contribution in [0.2, 0.25) is 0 Å². The van der Waals surface area contributed by atoms with E-state index < -0.39 is 0 Å². The Labute approximate surface area is 115 Å². The zero-order valence-electron chi connectivity index (χ0n) is 12.0. The first-order valence-electron chi connectivity index (χ1n) is 7.24. The minimum atomic E-state index is 0.698. The molecule has 0 aliphatic carbocycles. The molecule has 3 N–H and O–H groups in total. The van der Waals surface area contributed by atoms with Gasteiger partial charge in [-0.2, -0.15) is 0 Å². The summed E-state index contributed by atoms with van der Waals surface area (Å²) in [5, 5.41) is 0. The summed E-state index contributed by atoms with van der Waals surface area (Å²) < 4.78 is 0. The van der Waals surface area contributed by atoms with Gasteiger partial charge in [-0.3, -0.25) is 4.90 Å². The van der Waals surface area contributed by atoms with Crippen molar-refractivity contribution >= 4 is 5.82 Å². The topological polar surface area (TPSA) is 67.1 Å². The predicted octanol–water partition coefficient (Wildman–Crippen LogP) is 2.08.